The standard InChI is InChI=1S/C14H15N3O3S/c1-7-4-10(6-15-5-7)16-14(20)17-12-11(13(18)19)8(2)9(3)21-12/h4-6H,1-3H3,(H,18,19)(H2,16,17,20). The molecule has 0 aliphatic heterocycles. The summed E-state index contributed by atoms with van der Waals surface area (Å²) < 4.78 is 0. The zero-order valence-electron chi connectivity index (χ0n) is 11.9. The van der Waals surface area contributed by atoms with Gasteiger partial charge in [0.1, 0.15) is 5.00 Å². The highest BCUT2D eigenvalue weighted by atomic mass is 32.1. The molecular formula is C14H15N3O3S. The maximum atomic E-state index is 12.0. The fraction of sp³-hybridized carbons (Fsp3) is 0.214. The Morgan fingerprint density at radius 2 is 1.90 bits per heavy atom. The van der Waals surface area contributed by atoms with Crippen LogP contribution in [0.4, 0.5) is 15.5 Å². The number of aryl methyl sites for hydroxylation is 2. The van der Waals surface area contributed by atoms with Crippen molar-refractivity contribution in [3.05, 3.63) is 40.0 Å². The number of hydrogen-bond acceptors (Lipinski definition) is 4. The van der Waals surface area contributed by atoms with Crippen LogP contribution in [0.15, 0.2) is 18.5 Å². The van der Waals surface area contributed by atoms with E-state index in [1.54, 1.807) is 19.2 Å². The Morgan fingerprint density at radius 3 is 2.52 bits per heavy atom. The Bertz CT molecular complexity index is 709. The summed E-state index contributed by atoms with van der Waals surface area (Å²) in [4.78, 5) is 28.1. The largest absolute Gasteiger partial charge is 0.478 e. The summed E-state index contributed by atoms with van der Waals surface area (Å²) in [6.45, 7) is 5.41. The van der Waals surface area contributed by atoms with Gasteiger partial charge in [0, 0.05) is 11.1 Å². The van der Waals surface area contributed by atoms with Gasteiger partial charge < -0.3 is 10.4 Å². The van der Waals surface area contributed by atoms with Crippen LogP contribution in [0.3, 0.4) is 0 Å². The summed E-state index contributed by atoms with van der Waals surface area (Å²) in [5.74, 6) is -1.05. The van der Waals surface area contributed by atoms with Crippen molar-refractivity contribution in [2.45, 2.75) is 20.8 Å². The first-order chi connectivity index (χ1) is 9.88. The quantitative estimate of drug-likeness (QED) is 0.810. The molecule has 110 valence electrons. The summed E-state index contributed by atoms with van der Waals surface area (Å²) in [5.41, 5.74) is 2.27. The van der Waals surface area contributed by atoms with Gasteiger partial charge >= 0.3 is 12.0 Å². The molecule has 2 aromatic heterocycles. The van der Waals surface area contributed by atoms with Crippen LogP contribution in [0, 0.1) is 20.8 Å². The number of aromatic nitrogens is 1. The predicted octanol–water partition coefficient (Wildman–Crippen LogP) is 3.41. The van der Waals surface area contributed by atoms with Crippen LogP contribution in [-0.2, 0) is 0 Å². The fourth-order valence-electron chi connectivity index (χ4n) is 1.86. The Hall–Kier alpha value is -2.41. The van der Waals surface area contributed by atoms with Gasteiger partial charge in [0.05, 0.1) is 17.4 Å². The SMILES string of the molecule is Cc1cncc(NC(=O)Nc2sc(C)c(C)c2C(=O)O)c1. The number of amides is 2. The maximum absolute atomic E-state index is 12.0. The van der Waals surface area contributed by atoms with E-state index in [1.807, 2.05) is 13.8 Å². The molecule has 6 nitrogen and oxygen atoms in total. The molecule has 0 bridgehead atoms. The minimum atomic E-state index is -1.05. The van der Waals surface area contributed by atoms with Gasteiger partial charge in [-0.25, -0.2) is 9.59 Å². The number of aromatic carboxylic acids is 1. The Labute approximate surface area is 125 Å². The van der Waals surface area contributed by atoms with Crippen molar-refractivity contribution in [2.75, 3.05) is 10.6 Å². The number of thiophene rings is 1. The molecule has 0 aliphatic rings. The lowest BCUT2D eigenvalue weighted by molar-refractivity contribution is 0.0697. The minimum absolute atomic E-state index is 0.134. The first-order valence-electron chi connectivity index (χ1n) is 6.21. The number of nitrogens with one attached hydrogen (secondary N) is 2. The van der Waals surface area contributed by atoms with Gasteiger partial charge in [0.2, 0.25) is 0 Å². The summed E-state index contributed by atoms with van der Waals surface area (Å²) in [5, 5.41) is 14.8. The number of anilines is 2. The molecular weight excluding hydrogens is 290 g/mol. The van der Waals surface area contributed by atoms with Crippen LogP contribution >= 0.6 is 11.3 Å². The third-order valence-electron chi connectivity index (χ3n) is 2.96. The van der Waals surface area contributed by atoms with Crippen molar-refractivity contribution in [2.24, 2.45) is 0 Å². The number of urea groups is 1. The van der Waals surface area contributed by atoms with E-state index in [4.69, 9.17) is 0 Å². The van der Waals surface area contributed by atoms with Crippen LogP contribution in [0.2, 0.25) is 0 Å². The Morgan fingerprint density at radius 1 is 1.19 bits per heavy atom. The zero-order chi connectivity index (χ0) is 15.6. The number of carbonyl (C=O) groups excluding carboxylic acids is 1. The molecule has 2 aromatic rings. The normalized spacial score (nSPS) is 10.2. The van der Waals surface area contributed by atoms with Crippen molar-refractivity contribution in [3.63, 3.8) is 0 Å². The van der Waals surface area contributed by atoms with Gasteiger partial charge in [-0.05, 0) is 38.0 Å². The van der Waals surface area contributed by atoms with E-state index in [9.17, 15) is 14.7 Å². The summed E-state index contributed by atoms with van der Waals surface area (Å²) >= 11 is 1.24. The van der Waals surface area contributed by atoms with Crippen molar-refractivity contribution in [1.82, 2.24) is 4.98 Å². The highest BCUT2D eigenvalue weighted by Gasteiger charge is 2.20. The lowest BCUT2D eigenvalue weighted by atomic mass is 10.1. The number of hydrogen-bond donors (Lipinski definition) is 3. The van der Waals surface area contributed by atoms with E-state index in [0.29, 0.717) is 16.3 Å². The number of carbonyl (C=O) groups is 2. The highest BCUT2D eigenvalue weighted by Crippen LogP contribution is 2.32. The van der Waals surface area contributed by atoms with Crippen molar-refractivity contribution in [3.8, 4) is 0 Å². The number of rotatable bonds is 3. The van der Waals surface area contributed by atoms with Gasteiger partial charge in [-0.15, -0.1) is 11.3 Å². The minimum Gasteiger partial charge on any atom is -0.478 e. The lowest BCUT2D eigenvalue weighted by Crippen LogP contribution is -2.20. The van der Waals surface area contributed by atoms with Crippen LogP contribution in [0.5, 0.6) is 0 Å². The second-order valence-electron chi connectivity index (χ2n) is 4.62. The molecule has 2 heterocycles. The molecule has 0 atom stereocenters. The van der Waals surface area contributed by atoms with Crippen molar-refractivity contribution in [1.29, 1.82) is 0 Å². The third-order valence-corrected chi connectivity index (χ3v) is 4.08. The third kappa shape index (κ3) is 3.38. The molecule has 2 rings (SSSR count). The number of carboxylic acids is 1. The summed E-state index contributed by atoms with van der Waals surface area (Å²) in [7, 11) is 0. The molecule has 0 aromatic carbocycles. The molecule has 2 amide bonds. The molecule has 0 fully saturated rings. The van der Waals surface area contributed by atoms with Gasteiger partial charge in [0.25, 0.3) is 0 Å². The molecule has 3 N–H and O–H groups in total. The molecule has 0 spiro atoms. The molecule has 0 radical (unpaired) electrons. The summed E-state index contributed by atoms with van der Waals surface area (Å²) in [6, 6.07) is 1.28. The lowest BCUT2D eigenvalue weighted by Gasteiger charge is -2.07. The number of carboxylic acid groups (broad SMARTS) is 1. The van der Waals surface area contributed by atoms with E-state index in [2.05, 4.69) is 15.6 Å². The zero-order valence-corrected chi connectivity index (χ0v) is 12.7. The molecule has 0 saturated heterocycles. The van der Waals surface area contributed by atoms with Gasteiger partial charge in [-0.1, -0.05) is 0 Å². The Kier molecular flexibility index (Phi) is 4.23. The number of nitrogens with zero attached hydrogens (tertiary/aromatic N) is 1. The molecule has 0 unspecified atom stereocenters. The summed E-state index contributed by atoms with van der Waals surface area (Å²) in [6.07, 6.45) is 3.20. The van der Waals surface area contributed by atoms with E-state index in [1.165, 1.54) is 17.5 Å². The van der Waals surface area contributed by atoms with Gasteiger partial charge in [-0.3, -0.25) is 10.3 Å². The Balaban J connectivity index is 2.17. The first-order valence-corrected chi connectivity index (χ1v) is 7.03. The molecule has 7 heteroatoms. The van der Waals surface area contributed by atoms with E-state index >= 15 is 0 Å². The first kappa shape index (κ1) is 15.0. The van der Waals surface area contributed by atoms with Gasteiger partial charge in [-0.2, -0.15) is 0 Å². The van der Waals surface area contributed by atoms with Gasteiger partial charge in [0.15, 0.2) is 0 Å². The smallest absolute Gasteiger partial charge is 0.338 e. The molecule has 0 saturated carbocycles. The predicted molar refractivity (Wildman–Crippen MR) is 82.4 cm³/mol. The van der Waals surface area contributed by atoms with Crippen LogP contribution < -0.4 is 10.6 Å². The average molecular weight is 305 g/mol. The molecule has 21 heavy (non-hydrogen) atoms. The average Bonchev–Trinajstić information content (AvgIpc) is 2.64. The molecule has 0 aliphatic carbocycles. The maximum Gasteiger partial charge on any atom is 0.338 e. The fourth-order valence-corrected chi connectivity index (χ4v) is 2.91. The second kappa shape index (κ2) is 5.92. The van der Waals surface area contributed by atoms with Crippen molar-refractivity contribution >= 4 is 34.0 Å². The van der Waals surface area contributed by atoms with Crippen LogP contribution in [0.1, 0.15) is 26.4 Å². The van der Waals surface area contributed by atoms with Crippen molar-refractivity contribution < 1.29 is 14.7 Å². The van der Waals surface area contributed by atoms with E-state index in [0.717, 1.165) is 10.4 Å². The number of pyridine rings is 1. The van der Waals surface area contributed by atoms with Crippen LogP contribution in [0.25, 0.3) is 0 Å². The van der Waals surface area contributed by atoms with E-state index in [-0.39, 0.29) is 5.56 Å². The van der Waals surface area contributed by atoms with Crippen LogP contribution in [-0.4, -0.2) is 22.1 Å². The van der Waals surface area contributed by atoms with E-state index < -0.39 is 12.0 Å². The highest BCUT2D eigenvalue weighted by molar-refractivity contribution is 7.16. The second-order valence-corrected chi connectivity index (χ2v) is 5.85. The monoisotopic (exact) mass is 305 g/mol. The topological polar surface area (TPSA) is 91.3 Å².